The molecule has 0 saturated carbocycles. The summed E-state index contributed by atoms with van der Waals surface area (Å²) in [7, 11) is 0. The number of thioether (sulfide) groups is 1. The molecule has 0 aliphatic rings. The average molecular weight is 352 g/mol. The zero-order valence-corrected chi connectivity index (χ0v) is 14.6. The van der Waals surface area contributed by atoms with Gasteiger partial charge < -0.3 is 4.98 Å². The molecule has 22 heavy (non-hydrogen) atoms. The first-order chi connectivity index (χ1) is 10.8. The predicted octanol–water partition coefficient (Wildman–Crippen LogP) is 5.57. The fraction of sp³-hybridized carbons (Fsp3) is 0.375. The molecule has 3 rings (SSSR count). The maximum Gasteiger partial charge on any atom is 0.166 e. The van der Waals surface area contributed by atoms with Gasteiger partial charge in [-0.15, -0.1) is 0 Å². The number of halogens is 1. The zero-order valence-electron chi connectivity index (χ0n) is 12.2. The first-order valence-electron chi connectivity index (χ1n) is 7.49. The van der Waals surface area contributed by atoms with Crippen molar-refractivity contribution in [2.75, 3.05) is 5.75 Å². The van der Waals surface area contributed by atoms with Crippen LogP contribution in [0, 0.1) is 0 Å². The lowest BCUT2D eigenvalue weighted by Crippen LogP contribution is -1.85. The number of rotatable bonds is 8. The van der Waals surface area contributed by atoms with Crippen LogP contribution in [0.5, 0.6) is 0 Å². The van der Waals surface area contributed by atoms with Gasteiger partial charge in [0.1, 0.15) is 0 Å². The Hall–Kier alpha value is -1.04. The van der Waals surface area contributed by atoms with E-state index in [0.717, 1.165) is 27.0 Å². The fourth-order valence-corrected chi connectivity index (χ4v) is 3.99. The van der Waals surface area contributed by atoms with Crippen molar-refractivity contribution >= 4 is 45.9 Å². The van der Waals surface area contributed by atoms with E-state index >= 15 is 0 Å². The highest BCUT2D eigenvalue weighted by atomic mass is 35.5. The predicted molar refractivity (Wildman–Crippen MR) is 96.1 cm³/mol. The molecule has 0 aliphatic heterocycles. The molecule has 0 fully saturated rings. The SMILES string of the molecule is Clc1ccc2nc(SCCCCCCc3ccns3)[nH]c2c1. The zero-order chi connectivity index (χ0) is 15.2. The molecule has 0 unspecified atom stereocenters. The van der Waals surface area contributed by atoms with Gasteiger partial charge in [-0.2, -0.15) is 0 Å². The van der Waals surface area contributed by atoms with E-state index in [2.05, 4.69) is 20.4 Å². The second-order valence-electron chi connectivity index (χ2n) is 5.19. The van der Waals surface area contributed by atoms with Crippen molar-refractivity contribution in [3.8, 4) is 0 Å². The monoisotopic (exact) mass is 351 g/mol. The van der Waals surface area contributed by atoms with E-state index in [1.807, 2.05) is 24.4 Å². The number of H-pyrrole nitrogens is 1. The van der Waals surface area contributed by atoms with E-state index in [4.69, 9.17) is 11.6 Å². The number of hydrogen-bond donors (Lipinski definition) is 1. The molecule has 0 radical (unpaired) electrons. The van der Waals surface area contributed by atoms with Gasteiger partial charge in [0.25, 0.3) is 0 Å². The van der Waals surface area contributed by atoms with Crippen molar-refractivity contribution in [3.05, 3.63) is 40.4 Å². The highest BCUT2D eigenvalue weighted by Gasteiger charge is 2.03. The van der Waals surface area contributed by atoms with Gasteiger partial charge in [0.05, 0.1) is 11.0 Å². The Bertz CT molecular complexity index is 709. The van der Waals surface area contributed by atoms with Crippen LogP contribution in [0.2, 0.25) is 5.02 Å². The molecule has 1 N–H and O–H groups in total. The lowest BCUT2D eigenvalue weighted by Gasteiger charge is -1.99. The van der Waals surface area contributed by atoms with Crippen LogP contribution in [0.4, 0.5) is 0 Å². The number of aromatic amines is 1. The van der Waals surface area contributed by atoms with Gasteiger partial charge >= 0.3 is 0 Å². The molecule has 0 spiro atoms. The summed E-state index contributed by atoms with van der Waals surface area (Å²) in [4.78, 5) is 9.28. The quantitative estimate of drug-likeness (QED) is 0.426. The van der Waals surface area contributed by atoms with Gasteiger partial charge in [-0.3, -0.25) is 0 Å². The lowest BCUT2D eigenvalue weighted by molar-refractivity contribution is 0.673. The van der Waals surface area contributed by atoms with Crippen LogP contribution in [-0.4, -0.2) is 20.1 Å². The van der Waals surface area contributed by atoms with Crippen molar-refractivity contribution in [1.82, 2.24) is 14.3 Å². The highest BCUT2D eigenvalue weighted by molar-refractivity contribution is 7.99. The van der Waals surface area contributed by atoms with Crippen LogP contribution < -0.4 is 0 Å². The topological polar surface area (TPSA) is 41.6 Å². The number of fused-ring (bicyclic) bond motifs is 1. The second kappa shape index (κ2) is 7.99. The Kier molecular flexibility index (Phi) is 5.76. The molecular weight excluding hydrogens is 334 g/mol. The number of nitrogens with zero attached hydrogens (tertiary/aromatic N) is 2. The Balaban J connectivity index is 1.34. The molecule has 116 valence electrons. The van der Waals surface area contributed by atoms with E-state index in [9.17, 15) is 0 Å². The second-order valence-corrected chi connectivity index (χ2v) is 7.63. The minimum absolute atomic E-state index is 0.744. The summed E-state index contributed by atoms with van der Waals surface area (Å²) in [6.45, 7) is 0. The smallest absolute Gasteiger partial charge is 0.166 e. The summed E-state index contributed by atoms with van der Waals surface area (Å²) in [5, 5.41) is 1.73. The summed E-state index contributed by atoms with van der Waals surface area (Å²) in [5.74, 6) is 1.11. The number of hydrogen-bond acceptors (Lipinski definition) is 4. The summed E-state index contributed by atoms with van der Waals surface area (Å²) in [5.41, 5.74) is 2.00. The Morgan fingerprint density at radius 1 is 1.14 bits per heavy atom. The summed E-state index contributed by atoms with van der Waals surface area (Å²) in [6.07, 6.45) is 8.10. The minimum atomic E-state index is 0.744. The molecule has 0 aliphatic carbocycles. The summed E-state index contributed by atoms with van der Waals surface area (Å²) >= 11 is 9.39. The average Bonchev–Trinajstić information content (AvgIpc) is 3.14. The van der Waals surface area contributed by atoms with Crippen LogP contribution in [0.3, 0.4) is 0 Å². The van der Waals surface area contributed by atoms with Crippen molar-refractivity contribution in [3.63, 3.8) is 0 Å². The van der Waals surface area contributed by atoms with E-state index < -0.39 is 0 Å². The van der Waals surface area contributed by atoms with Crippen LogP contribution >= 0.6 is 34.9 Å². The molecule has 2 aromatic heterocycles. The number of nitrogens with one attached hydrogen (secondary N) is 1. The molecule has 0 bridgehead atoms. The molecule has 0 atom stereocenters. The number of benzene rings is 1. The standard InChI is InChI=1S/C16H18ClN3S2/c17-12-6-7-14-15(11-12)20-16(19-14)21-10-4-2-1-3-5-13-8-9-18-22-13/h6-9,11H,1-5,10H2,(H,19,20). The maximum atomic E-state index is 5.98. The normalized spacial score (nSPS) is 11.3. The van der Waals surface area contributed by atoms with E-state index in [1.54, 1.807) is 23.3 Å². The van der Waals surface area contributed by atoms with Crippen LogP contribution in [0.15, 0.2) is 35.6 Å². The third kappa shape index (κ3) is 4.48. The van der Waals surface area contributed by atoms with Gasteiger partial charge in [0.15, 0.2) is 5.16 Å². The van der Waals surface area contributed by atoms with Crippen molar-refractivity contribution in [2.24, 2.45) is 0 Å². The molecule has 2 heterocycles. The number of aromatic nitrogens is 3. The van der Waals surface area contributed by atoms with E-state index in [1.165, 1.54) is 37.0 Å². The number of imidazole rings is 1. The Morgan fingerprint density at radius 3 is 2.91 bits per heavy atom. The Labute approximate surface area is 143 Å². The van der Waals surface area contributed by atoms with Gasteiger partial charge in [0.2, 0.25) is 0 Å². The minimum Gasteiger partial charge on any atom is -0.333 e. The van der Waals surface area contributed by atoms with Gasteiger partial charge in [-0.05, 0) is 55.1 Å². The van der Waals surface area contributed by atoms with Gasteiger partial charge in [-0.1, -0.05) is 36.2 Å². The third-order valence-electron chi connectivity index (χ3n) is 3.47. The molecule has 1 aromatic carbocycles. The van der Waals surface area contributed by atoms with Gasteiger partial charge in [-0.25, -0.2) is 9.36 Å². The van der Waals surface area contributed by atoms with Crippen LogP contribution in [0.25, 0.3) is 11.0 Å². The third-order valence-corrected chi connectivity index (χ3v) is 5.47. The van der Waals surface area contributed by atoms with Crippen molar-refractivity contribution in [2.45, 2.75) is 37.3 Å². The molecule has 3 aromatic rings. The first kappa shape index (κ1) is 15.8. The van der Waals surface area contributed by atoms with E-state index in [-0.39, 0.29) is 0 Å². The van der Waals surface area contributed by atoms with E-state index in [0.29, 0.717) is 0 Å². The van der Waals surface area contributed by atoms with Crippen molar-refractivity contribution < 1.29 is 0 Å². The largest absolute Gasteiger partial charge is 0.333 e. The molecule has 3 nitrogen and oxygen atoms in total. The fourth-order valence-electron chi connectivity index (χ4n) is 2.32. The first-order valence-corrected chi connectivity index (χ1v) is 9.62. The summed E-state index contributed by atoms with van der Waals surface area (Å²) in [6, 6.07) is 7.88. The lowest BCUT2D eigenvalue weighted by atomic mass is 10.1. The number of unbranched alkanes of at least 4 members (excludes halogenated alkanes) is 3. The molecule has 0 saturated heterocycles. The molecule has 0 amide bonds. The summed E-state index contributed by atoms with van der Waals surface area (Å²) < 4.78 is 4.13. The molecule has 6 heteroatoms. The van der Waals surface area contributed by atoms with Crippen molar-refractivity contribution in [1.29, 1.82) is 0 Å². The molecular formula is C16H18ClN3S2. The number of aryl methyl sites for hydroxylation is 1. The van der Waals surface area contributed by atoms with Crippen LogP contribution in [0.1, 0.15) is 30.6 Å². The maximum absolute atomic E-state index is 5.98. The Morgan fingerprint density at radius 2 is 2.05 bits per heavy atom. The highest BCUT2D eigenvalue weighted by Crippen LogP contribution is 2.23. The van der Waals surface area contributed by atoms with Gasteiger partial charge in [0, 0.05) is 21.8 Å². The van der Waals surface area contributed by atoms with Crippen LogP contribution in [-0.2, 0) is 6.42 Å².